The molecule has 1 saturated heterocycles. The van der Waals surface area contributed by atoms with Gasteiger partial charge in [0.15, 0.2) is 0 Å². The summed E-state index contributed by atoms with van der Waals surface area (Å²) in [5, 5.41) is 5.38. The number of ether oxygens (including phenoxy) is 1. The Bertz CT molecular complexity index is 579. The number of carbonyl (C=O) groups is 1. The van der Waals surface area contributed by atoms with Gasteiger partial charge in [-0.1, -0.05) is 25.1 Å². The van der Waals surface area contributed by atoms with E-state index in [1.807, 2.05) is 38.1 Å². The molecule has 3 rings (SSSR count). The van der Waals surface area contributed by atoms with Crippen molar-refractivity contribution in [2.75, 3.05) is 6.54 Å². The van der Waals surface area contributed by atoms with Crippen molar-refractivity contribution in [3.63, 3.8) is 0 Å². The van der Waals surface area contributed by atoms with Crippen molar-refractivity contribution in [1.29, 1.82) is 0 Å². The van der Waals surface area contributed by atoms with E-state index in [1.165, 1.54) is 0 Å². The van der Waals surface area contributed by atoms with Gasteiger partial charge in [-0.3, -0.25) is 10.1 Å². The topological polar surface area (TPSA) is 50.4 Å². The lowest BCUT2D eigenvalue weighted by Gasteiger charge is -2.25. The van der Waals surface area contributed by atoms with Gasteiger partial charge >= 0.3 is 0 Å². The average molecular weight is 310 g/mol. The minimum atomic E-state index is -2.81. The zero-order valence-electron chi connectivity index (χ0n) is 12.6. The molecule has 1 aromatic carbocycles. The molecule has 4 unspecified atom stereocenters. The molecule has 120 valence electrons. The minimum absolute atomic E-state index is 0.143. The molecule has 0 spiro atoms. The van der Waals surface area contributed by atoms with Crippen LogP contribution in [-0.2, 0) is 4.79 Å². The smallest absolute Gasteiger partial charge is 0.262 e. The molecule has 6 heteroatoms. The van der Waals surface area contributed by atoms with Gasteiger partial charge in [0.25, 0.3) is 5.92 Å². The molecular formula is C16H20F2N2O2. The monoisotopic (exact) mass is 310 g/mol. The summed E-state index contributed by atoms with van der Waals surface area (Å²) in [5.74, 6) is -2.23. The summed E-state index contributed by atoms with van der Waals surface area (Å²) in [4.78, 5) is 12.1. The number of benzene rings is 1. The van der Waals surface area contributed by atoms with Gasteiger partial charge in [-0.2, -0.15) is 0 Å². The molecule has 1 fully saturated rings. The Morgan fingerprint density at radius 2 is 2.18 bits per heavy atom. The van der Waals surface area contributed by atoms with Crippen LogP contribution in [0.4, 0.5) is 8.78 Å². The highest BCUT2D eigenvalue weighted by Gasteiger charge is 2.43. The number of nitrogens with one attached hydrogen (secondary N) is 2. The number of rotatable bonds is 3. The summed E-state index contributed by atoms with van der Waals surface area (Å²) in [5.41, 5.74) is 1.11. The predicted molar refractivity (Wildman–Crippen MR) is 78.2 cm³/mol. The highest BCUT2D eigenvalue weighted by molar-refractivity contribution is 5.82. The van der Waals surface area contributed by atoms with Crippen molar-refractivity contribution in [3.05, 3.63) is 29.8 Å². The van der Waals surface area contributed by atoms with Crippen LogP contribution < -0.4 is 15.4 Å². The molecule has 22 heavy (non-hydrogen) atoms. The van der Waals surface area contributed by atoms with Crippen LogP contribution in [0.1, 0.15) is 31.7 Å². The third-order valence-corrected chi connectivity index (χ3v) is 4.45. The van der Waals surface area contributed by atoms with E-state index in [0.29, 0.717) is 0 Å². The fourth-order valence-corrected chi connectivity index (χ4v) is 3.23. The molecule has 2 aliphatic rings. The van der Waals surface area contributed by atoms with Gasteiger partial charge in [0.05, 0.1) is 18.6 Å². The van der Waals surface area contributed by atoms with Gasteiger partial charge in [-0.05, 0) is 13.0 Å². The van der Waals surface area contributed by atoms with E-state index >= 15 is 0 Å². The van der Waals surface area contributed by atoms with E-state index in [0.717, 1.165) is 11.3 Å². The first-order chi connectivity index (χ1) is 10.4. The molecule has 2 heterocycles. The van der Waals surface area contributed by atoms with Crippen LogP contribution in [0, 0.1) is 0 Å². The Hall–Kier alpha value is -1.69. The van der Waals surface area contributed by atoms with Crippen LogP contribution in [0.3, 0.4) is 0 Å². The second-order valence-corrected chi connectivity index (χ2v) is 6.20. The number of fused-ring (bicyclic) bond motifs is 1. The van der Waals surface area contributed by atoms with Crippen molar-refractivity contribution in [1.82, 2.24) is 10.6 Å². The largest absolute Gasteiger partial charge is 0.487 e. The molecular weight excluding hydrogens is 290 g/mol. The summed E-state index contributed by atoms with van der Waals surface area (Å²) < 4.78 is 32.2. The van der Waals surface area contributed by atoms with Gasteiger partial charge in [-0.15, -0.1) is 0 Å². The number of hydrogen-bond acceptors (Lipinski definition) is 3. The number of hydrogen-bond donors (Lipinski definition) is 2. The van der Waals surface area contributed by atoms with Gasteiger partial charge in [-0.25, -0.2) is 8.78 Å². The first kappa shape index (κ1) is 15.2. The molecule has 0 aliphatic carbocycles. The molecule has 2 N–H and O–H groups in total. The number of carbonyl (C=O) groups excluding carboxylic acids is 1. The number of amides is 1. The zero-order valence-corrected chi connectivity index (χ0v) is 12.6. The highest BCUT2D eigenvalue weighted by Crippen LogP contribution is 2.38. The maximum absolute atomic E-state index is 13.2. The summed E-state index contributed by atoms with van der Waals surface area (Å²) in [6.45, 7) is 3.44. The summed E-state index contributed by atoms with van der Waals surface area (Å²) in [6, 6.07) is 6.67. The number of para-hydroxylation sites is 1. The van der Waals surface area contributed by atoms with E-state index in [-0.39, 0.29) is 18.1 Å². The van der Waals surface area contributed by atoms with Crippen molar-refractivity contribution < 1.29 is 18.3 Å². The third-order valence-electron chi connectivity index (χ3n) is 4.45. The fraction of sp³-hybridized carbons (Fsp3) is 0.562. The Morgan fingerprint density at radius 1 is 1.45 bits per heavy atom. The van der Waals surface area contributed by atoms with Crippen molar-refractivity contribution >= 4 is 5.91 Å². The van der Waals surface area contributed by atoms with Crippen LogP contribution in [0.15, 0.2) is 24.3 Å². The van der Waals surface area contributed by atoms with Crippen LogP contribution in [0.25, 0.3) is 0 Å². The van der Waals surface area contributed by atoms with Gasteiger partial charge < -0.3 is 10.1 Å². The van der Waals surface area contributed by atoms with Crippen molar-refractivity contribution in [2.45, 2.75) is 50.3 Å². The van der Waals surface area contributed by atoms with Gasteiger partial charge in [0.1, 0.15) is 11.9 Å². The van der Waals surface area contributed by atoms with Crippen LogP contribution >= 0.6 is 0 Å². The fourth-order valence-electron chi connectivity index (χ4n) is 3.23. The minimum Gasteiger partial charge on any atom is -0.487 e. The maximum Gasteiger partial charge on any atom is 0.262 e. The first-order valence-electron chi connectivity index (χ1n) is 7.54. The molecule has 0 aromatic heterocycles. The molecule has 4 atom stereocenters. The Morgan fingerprint density at radius 3 is 2.82 bits per heavy atom. The first-order valence-corrected chi connectivity index (χ1v) is 7.54. The average Bonchev–Trinajstić information content (AvgIpc) is 3.00. The van der Waals surface area contributed by atoms with E-state index in [4.69, 9.17) is 4.74 Å². The van der Waals surface area contributed by atoms with Crippen molar-refractivity contribution in [2.24, 2.45) is 0 Å². The molecule has 0 saturated carbocycles. The zero-order chi connectivity index (χ0) is 15.9. The Labute approximate surface area is 128 Å². The van der Waals surface area contributed by atoms with Crippen LogP contribution in [-0.4, -0.2) is 36.6 Å². The van der Waals surface area contributed by atoms with E-state index in [2.05, 4.69) is 10.6 Å². The number of alkyl halides is 2. The molecule has 0 radical (unpaired) electrons. The summed E-state index contributed by atoms with van der Waals surface area (Å²) in [6.07, 6.45) is -0.643. The van der Waals surface area contributed by atoms with E-state index < -0.39 is 30.8 Å². The standard InChI is InChI=1S/C16H20F2N2O2/c1-9-11-5-3-4-6-13(11)22-14(9)10(2)20-15(21)12-7-16(17,18)8-19-12/h3-6,9-10,12,14,19H,7-8H2,1-2H3,(H,20,21). The van der Waals surface area contributed by atoms with Crippen molar-refractivity contribution in [3.8, 4) is 5.75 Å². The molecule has 0 bridgehead atoms. The second kappa shape index (κ2) is 5.50. The van der Waals surface area contributed by atoms with Crippen LogP contribution in [0.5, 0.6) is 5.75 Å². The van der Waals surface area contributed by atoms with E-state index in [9.17, 15) is 13.6 Å². The van der Waals surface area contributed by atoms with Gasteiger partial charge in [0, 0.05) is 17.9 Å². The number of halogens is 2. The predicted octanol–water partition coefficient (Wildman–Crippen LogP) is 2.05. The Kier molecular flexibility index (Phi) is 3.80. The normalized spacial score (nSPS) is 30.5. The Balaban J connectivity index is 1.62. The third kappa shape index (κ3) is 2.79. The maximum atomic E-state index is 13.2. The SMILES string of the molecule is CC(NC(=O)C1CC(F)(F)CN1)C1Oc2ccccc2C1C. The summed E-state index contributed by atoms with van der Waals surface area (Å²) >= 11 is 0. The molecule has 2 aliphatic heterocycles. The lowest BCUT2D eigenvalue weighted by Crippen LogP contribution is -2.50. The van der Waals surface area contributed by atoms with E-state index in [1.54, 1.807) is 0 Å². The van der Waals surface area contributed by atoms with Crippen LogP contribution in [0.2, 0.25) is 0 Å². The quantitative estimate of drug-likeness (QED) is 0.898. The highest BCUT2D eigenvalue weighted by atomic mass is 19.3. The van der Waals surface area contributed by atoms with Gasteiger partial charge in [0.2, 0.25) is 5.91 Å². The molecule has 1 amide bonds. The lowest BCUT2D eigenvalue weighted by molar-refractivity contribution is -0.124. The molecule has 1 aromatic rings. The molecule has 4 nitrogen and oxygen atoms in total. The summed E-state index contributed by atoms with van der Waals surface area (Å²) in [7, 11) is 0. The lowest BCUT2D eigenvalue weighted by atomic mass is 9.93. The second-order valence-electron chi connectivity index (χ2n) is 6.20.